The van der Waals surface area contributed by atoms with Gasteiger partial charge in [-0.25, -0.2) is 0 Å². The minimum absolute atomic E-state index is 0.0104. The van der Waals surface area contributed by atoms with Crippen molar-refractivity contribution in [2.75, 3.05) is 0 Å². The number of amides is 1. The van der Waals surface area contributed by atoms with E-state index in [0.29, 0.717) is 0 Å². The van der Waals surface area contributed by atoms with Crippen LogP contribution in [0.15, 0.2) is 24.3 Å². The third-order valence-electron chi connectivity index (χ3n) is 3.02. The van der Waals surface area contributed by atoms with E-state index in [9.17, 15) is 4.79 Å². The minimum Gasteiger partial charge on any atom is -0.477 e. The molecule has 1 aliphatic heterocycles. The molecule has 0 radical (unpaired) electrons. The number of fused-ring (bicyclic) bond motifs is 1. The zero-order chi connectivity index (χ0) is 10.3. The number of rotatable bonds is 1. The summed E-state index contributed by atoms with van der Waals surface area (Å²) < 4.78 is 5.59. The summed E-state index contributed by atoms with van der Waals surface area (Å²) in [4.78, 5) is 11.3. The lowest BCUT2D eigenvalue weighted by Crippen LogP contribution is -2.47. The van der Waals surface area contributed by atoms with Crippen LogP contribution < -0.4 is 10.5 Å². The van der Waals surface area contributed by atoms with Crippen molar-refractivity contribution in [1.29, 1.82) is 0 Å². The number of carbonyl (C=O) groups is 1. The van der Waals surface area contributed by atoms with Crippen LogP contribution in [0.25, 0.3) is 0 Å². The summed E-state index contributed by atoms with van der Waals surface area (Å²) in [5.74, 6) is 0.360. The maximum Gasteiger partial charge on any atom is 0.261 e. The van der Waals surface area contributed by atoms with Gasteiger partial charge in [0.2, 0.25) is 0 Å². The molecule has 0 aromatic heterocycles. The molecule has 1 aromatic rings. The number of benzene rings is 1. The van der Waals surface area contributed by atoms with E-state index < -0.39 is 11.5 Å². The van der Waals surface area contributed by atoms with Crippen LogP contribution in [0.3, 0.4) is 0 Å². The molecule has 0 saturated heterocycles. The molecule has 0 saturated carbocycles. The summed E-state index contributed by atoms with van der Waals surface area (Å²) in [7, 11) is 0. The highest BCUT2D eigenvalue weighted by molar-refractivity contribution is 5.86. The van der Waals surface area contributed by atoms with Gasteiger partial charge in [0.15, 0.2) is 5.60 Å². The molecule has 3 nitrogen and oxygen atoms in total. The molecular formula is C11H13NO2. The Labute approximate surface area is 82.9 Å². The molecule has 2 atom stereocenters. The Morgan fingerprint density at radius 1 is 1.50 bits per heavy atom. The lowest BCUT2D eigenvalue weighted by molar-refractivity contribution is -0.131. The fourth-order valence-corrected chi connectivity index (χ4v) is 1.81. The van der Waals surface area contributed by atoms with Crippen LogP contribution in [-0.4, -0.2) is 11.5 Å². The van der Waals surface area contributed by atoms with Crippen LogP contribution in [0.1, 0.15) is 25.3 Å². The monoisotopic (exact) mass is 191 g/mol. The molecule has 1 amide bonds. The van der Waals surface area contributed by atoms with E-state index in [-0.39, 0.29) is 5.92 Å². The van der Waals surface area contributed by atoms with Crippen molar-refractivity contribution in [3.05, 3.63) is 29.8 Å². The van der Waals surface area contributed by atoms with Crippen molar-refractivity contribution in [3.63, 3.8) is 0 Å². The minimum atomic E-state index is -0.899. The molecule has 1 aromatic carbocycles. The van der Waals surface area contributed by atoms with Crippen molar-refractivity contribution in [2.45, 2.75) is 25.4 Å². The SMILES string of the molecule is CC1c2ccccc2OC1(C)C(N)=O. The largest absolute Gasteiger partial charge is 0.477 e. The van der Waals surface area contributed by atoms with E-state index in [0.717, 1.165) is 11.3 Å². The topological polar surface area (TPSA) is 52.3 Å². The van der Waals surface area contributed by atoms with Crippen LogP contribution in [0.4, 0.5) is 0 Å². The fourth-order valence-electron chi connectivity index (χ4n) is 1.81. The summed E-state index contributed by atoms with van der Waals surface area (Å²) in [5.41, 5.74) is 5.49. The Balaban J connectivity index is 2.48. The van der Waals surface area contributed by atoms with Crippen molar-refractivity contribution in [1.82, 2.24) is 0 Å². The molecule has 2 unspecified atom stereocenters. The van der Waals surface area contributed by atoms with Gasteiger partial charge < -0.3 is 10.5 Å². The van der Waals surface area contributed by atoms with Gasteiger partial charge in [0.25, 0.3) is 5.91 Å². The first-order valence-electron chi connectivity index (χ1n) is 4.63. The average Bonchev–Trinajstić information content (AvgIpc) is 2.42. The molecular weight excluding hydrogens is 178 g/mol. The molecule has 1 heterocycles. The Hall–Kier alpha value is -1.51. The predicted octanol–water partition coefficient (Wildman–Crippen LogP) is 1.43. The Morgan fingerprint density at radius 2 is 2.14 bits per heavy atom. The lowest BCUT2D eigenvalue weighted by atomic mass is 9.87. The highest BCUT2D eigenvalue weighted by atomic mass is 16.5. The first-order chi connectivity index (χ1) is 6.55. The van der Waals surface area contributed by atoms with Gasteiger partial charge in [0.1, 0.15) is 5.75 Å². The molecule has 0 aliphatic carbocycles. The van der Waals surface area contributed by atoms with Crippen LogP contribution in [0, 0.1) is 0 Å². The summed E-state index contributed by atoms with van der Waals surface area (Å²) in [6, 6.07) is 7.65. The van der Waals surface area contributed by atoms with Crippen molar-refractivity contribution < 1.29 is 9.53 Å². The first-order valence-corrected chi connectivity index (χ1v) is 4.63. The van der Waals surface area contributed by atoms with E-state index in [1.54, 1.807) is 6.92 Å². The van der Waals surface area contributed by atoms with E-state index in [1.165, 1.54) is 0 Å². The highest BCUT2D eigenvalue weighted by Gasteiger charge is 2.46. The summed E-state index contributed by atoms with van der Waals surface area (Å²) in [6.45, 7) is 3.69. The van der Waals surface area contributed by atoms with Gasteiger partial charge in [0.05, 0.1) is 0 Å². The van der Waals surface area contributed by atoms with E-state index in [1.807, 2.05) is 31.2 Å². The third-order valence-corrected chi connectivity index (χ3v) is 3.02. The molecule has 0 fully saturated rings. The van der Waals surface area contributed by atoms with E-state index in [2.05, 4.69) is 0 Å². The molecule has 3 heteroatoms. The van der Waals surface area contributed by atoms with Crippen molar-refractivity contribution >= 4 is 5.91 Å². The van der Waals surface area contributed by atoms with E-state index >= 15 is 0 Å². The smallest absolute Gasteiger partial charge is 0.261 e. The number of hydrogen-bond acceptors (Lipinski definition) is 2. The zero-order valence-corrected chi connectivity index (χ0v) is 8.28. The lowest BCUT2D eigenvalue weighted by Gasteiger charge is -2.24. The molecule has 0 spiro atoms. The number of hydrogen-bond donors (Lipinski definition) is 1. The molecule has 14 heavy (non-hydrogen) atoms. The molecule has 1 aliphatic rings. The van der Waals surface area contributed by atoms with Gasteiger partial charge in [-0.3, -0.25) is 4.79 Å². The average molecular weight is 191 g/mol. The Kier molecular flexibility index (Phi) is 1.77. The molecule has 2 N–H and O–H groups in total. The van der Waals surface area contributed by atoms with Gasteiger partial charge >= 0.3 is 0 Å². The van der Waals surface area contributed by atoms with Crippen LogP contribution >= 0.6 is 0 Å². The molecule has 2 rings (SSSR count). The van der Waals surface area contributed by atoms with Crippen LogP contribution in [-0.2, 0) is 4.79 Å². The zero-order valence-electron chi connectivity index (χ0n) is 8.28. The maximum atomic E-state index is 11.3. The van der Waals surface area contributed by atoms with Crippen LogP contribution in [0.2, 0.25) is 0 Å². The molecule has 74 valence electrons. The number of nitrogens with two attached hydrogens (primary N) is 1. The number of primary amides is 1. The van der Waals surface area contributed by atoms with Gasteiger partial charge in [-0.15, -0.1) is 0 Å². The highest BCUT2D eigenvalue weighted by Crippen LogP contribution is 2.43. The van der Waals surface area contributed by atoms with Crippen molar-refractivity contribution in [3.8, 4) is 5.75 Å². The molecule has 0 bridgehead atoms. The van der Waals surface area contributed by atoms with Gasteiger partial charge in [-0.05, 0) is 13.0 Å². The second-order valence-electron chi connectivity index (χ2n) is 3.83. The summed E-state index contributed by atoms with van der Waals surface area (Å²) >= 11 is 0. The van der Waals surface area contributed by atoms with Crippen molar-refractivity contribution in [2.24, 2.45) is 5.73 Å². The number of para-hydroxylation sites is 1. The summed E-state index contributed by atoms with van der Waals surface area (Å²) in [6.07, 6.45) is 0. The summed E-state index contributed by atoms with van der Waals surface area (Å²) in [5, 5.41) is 0. The van der Waals surface area contributed by atoms with Gasteiger partial charge in [0, 0.05) is 11.5 Å². The fraction of sp³-hybridized carbons (Fsp3) is 0.364. The predicted molar refractivity (Wildman–Crippen MR) is 53.1 cm³/mol. The maximum absolute atomic E-state index is 11.3. The quantitative estimate of drug-likeness (QED) is 0.730. The normalized spacial score (nSPS) is 29.4. The first kappa shape index (κ1) is 9.06. The second-order valence-corrected chi connectivity index (χ2v) is 3.83. The second kappa shape index (κ2) is 2.74. The number of carbonyl (C=O) groups excluding carboxylic acids is 1. The standard InChI is InChI=1S/C11H13NO2/c1-7-8-5-3-4-6-9(8)14-11(7,2)10(12)13/h3-7H,1-2H3,(H2,12,13). The van der Waals surface area contributed by atoms with Gasteiger partial charge in [-0.1, -0.05) is 25.1 Å². The van der Waals surface area contributed by atoms with Gasteiger partial charge in [-0.2, -0.15) is 0 Å². The Morgan fingerprint density at radius 3 is 2.71 bits per heavy atom. The third kappa shape index (κ3) is 1.02. The number of ether oxygens (including phenoxy) is 1. The Bertz CT molecular complexity index is 389. The van der Waals surface area contributed by atoms with E-state index in [4.69, 9.17) is 10.5 Å². The van der Waals surface area contributed by atoms with Crippen LogP contribution in [0.5, 0.6) is 5.75 Å².